The van der Waals surface area contributed by atoms with Crippen LogP contribution in [0.1, 0.15) is 21.7 Å². The monoisotopic (exact) mass is 287 g/mol. The maximum Gasteiger partial charge on any atom is 0.253 e. The van der Waals surface area contributed by atoms with Crippen LogP contribution in [0.4, 0.5) is 11.4 Å². The molecule has 0 radical (unpaired) electrons. The van der Waals surface area contributed by atoms with Crippen molar-refractivity contribution in [2.24, 2.45) is 0 Å². The molecular weight excluding hydrogens is 266 g/mol. The van der Waals surface area contributed by atoms with Gasteiger partial charge in [0.15, 0.2) is 0 Å². The van der Waals surface area contributed by atoms with E-state index < -0.39 is 0 Å². The lowest BCUT2D eigenvalue weighted by Crippen LogP contribution is -2.22. The van der Waals surface area contributed by atoms with Gasteiger partial charge in [0.2, 0.25) is 0 Å². The van der Waals surface area contributed by atoms with E-state index in [1.807, 2.05) is 31.0 Å². The Bertz CT molecular complexity index is 647. The Morgan fingerprint density at radius 1 is 1.24 bits per heavy atom. The number of nitrogens with zero attached hydrogens (tertiary/aromatic N) is 2. The van der Waals surface area contributed by atoms with Crippen molar-refractivity contribution < 1.29 is 9.21 Å². The number of hydrogen-bond donors (Lipinski definition) is 1. The van der Waals surface area contributed by atoms with Crippen LogP contribution in [-0.2, 0) is 6.54 Å². The molecule has 5 nitrogen and oxygen atoms in total. The molecule has 0 aliphatic heterocycles. The Morgan fingerprint density at radius 3 is 2.48 bits per heavy atom. The molecule has 0 fully saturated rings. The first-order valence-corrected chi connectivity index (χ1v) is 6.75. The number of nitrogen functional groups attached to an aromatic ring is 1. The van der Waals surface area contributed by atoms with Gasteiger partial charge in [-0.25, -0.2) is 0 Å². The minimum Gasteiger partial charge on any atom is -0.469 e. The number of carbonyl (C=O) groups excluding carboxylic acids is 1. The van der Waals surface area contributed by atoms with E-state index in [2.05, 4.69) is 0 Å². The summed E-state index contributed by atoms with van der Waals surface area (Å²) in [6, 6.07) is 7.34. The van der Waals surface area contributed by atoms with E-state index in [9.17, 15) is 4.79 Å². The normalized spacial score (nSPS) is 10.5. The molecule has 0 atom stereocenters. The second-order valence-electron chi connectivity index (χ2n) is 5.33. The third kappa shape index (κ3) is 3.18. The lowest BCUT2D eigenvalue weighted by atomic mass is 10.1. The lowest BCUT2D eigenvalue weighted by molar-refractivity contribution is 0.0827. The molecule has 2 aromatic rings. The fourth-order valence-corrected chi connectivity index (χ4v) is 2.21. The van der Waals surface area contributed by atoms with Gasteiger partial charge in [0.05, 0.1) is 17.6 Å². The van der Waals surface area contributed by atoms with Crippen molar-refractivity contribution in [2.75, 3.05) is 31.8 Å². The van der Waals surface area contributed by atoms with Gasteiger partial charge in [0, 0.05) is 38.8 Å². The van der Waals surface area contributed by atoms with Gasteiger partial charge in [-0.3, -0.25) is 4.79 Å². The number of rotatable bonds is 4. The van der Waals surface area contributed by atoms with Gasteiger partial charge in [0.1, 0.15) is 5.76 Å². The SMILES string of the molecule is Cc1occc1CN(C)c1ccc(C(=O)N(C)C)cc1N. The molecule has 0 unspecified atom stereocenters. The Labute approximate surface area is 124 Å². The van der Waals surface area contributed by atoms with Crippen LogP contribution in [0.5, 0.6) is 0 Å². The molecule has 112 valence electrons. The van der Waals surface area contributed by atoms with E-state index in [-0.39, 0.29) is 5.91 Å². The summed E-state index contributed by atoms with van der Waals surface area (Å²) in [7, 11) is 5.41. The molecular formula is C16H21N3O2. The second kappa shape index (κ2) is 5.91. The number of anilines is 2. The molecule has 0 saturated carbocycles. The number of benzene rings is 1. The highest BCUT2D eigenvalue weighted by atomic mass is 16.3. The van der Waals surface area contributed by atoms with Gasteiger partial charge in [-0.2, -0.15) is 0 Å². The molecule has 1 aromatic carbocycles. The highest BCUT2D eigenvalue weighted by Gasteiger charge is 2.13. The summed E-state index contributed by atoms with van der Waals surface area (Å²) < 4.78 is 5.30. The zero-order valence-electron chi connectivity index (χ0n) is 12.9. The van der Waals surface area contributed by atoms with Crippen molar-refractivity contribution in [1.29, 1.82) is 0 Å². The maximum absolute atomic E-state index is 11.9. The van der Waals surface area contributed by atoms with Crippen molar-refractivity contribution in [3.05, 3.63) is 47.4 Å². The van der Waals surface area contributed by atoms with E-state index in [0.29, 0.717) is 17.8 Å². The van der Waals surface area contributed by atoms with Crippen molar-refractivity contribution in [2.45, 2.75) is 13.5 Å². The van der Waals surface area contributed by atoms with Crippen molar-refractivity contribution in [3.63, 3.8) is 0 Å². The molecule has 0 spiro atoms. The van der Waals surface area contributed by atoms with Crippen LogP contribution >= 0.6 is 0 Å². The summed E-state index contributed by atoms with van der Waals surface area (Å²) in [6.07, 6.45) is 1.68. The molecule has 0 bridgehead atoms. The van der Waals surface area contributed by atoms with Crippen molar-refractivity contribution in [1.82, 2.24) is 4.90 Å². The number of carbonyl (C=O) groups is 1. The number of furan rings is 1. The summed E-state index contributed by atoms with van der Waals surface area (Å²) in [6.45, 7) is 2.64. The van der Waals surface area contributed by atoms with Crippen LogP contribution in [-0.4, -0.2) is 32.0 Å². The van der Waals surface area contributed by atoms with Crippen LogP contribution in [0.25, 0.3) is 0 Å². The molecule has 1 amide bonds. The third-order valence-corrected chi connectivity index (χ3v) is 3.47. The fraction of sp³-hybridized carbons (Fsp3) is 0.312. The Kier molecular flexibility index (Phi) is 4.21. The lowest BCUT2D eigenvalue weighted by Gasteiger charge is -2.21. The molecule has 0 aliphatic rings. The number of amides is 1. The van der Waals surface area contributed by atoms with E-state index in [1.165, 1.54) is 4.90 Å². The summed E-state index contributed by atoms with van der Waals surface area (Å²) in [5.41, 5.74) is 9.28. The quantitative estimate of drug-likeness (QED) is 0.878. The van der Waals surface area contributed by atoms with Gasteiger partial charge in [0.25, 0.3) is 5.91 Å². The maximum atomic E-state index is 11.9. The molecule has 21 heavy (non-hydrogen) atoms. The summed E-state index contributed by atoms with van der Waals surface area (Å²) in [4.78, 5) is 15.5. The highest BCUT2D eigenvalue weighted by molar-refractivity contribution is 5.95. The Hall–Kier alpha value is -2.43. The second-order valence-corrected chi connectivity index (χ2v) is 5.33. The minimum absolute atomic E-state index is 0.0541. The van der Waals surface area contributed by atoms with Crippen LogP contribution in [0, 0.1) is 6.92 Å². The minimum atomic E-state index is -0.0541. The average Bonchev–Trinajstić information content (AvgIpc) is 2.83. The molecule has 0 aliphatic carbocycles. The molecule has 0 saturated heterocycles. The van der Waals surface area contributed by atoms with Gasteiger partial charge in [-0.15, -0.1) is 0 Å². The van der Waals surface area contributed by atoms with Gasteiger partial charge in [-0.05, 0) is 31.2 Å². The zero-order valence-corrected chi connectivity index (χ0v) is 12.9. The average molecular weight is 287 g/mol. The van der Waals surface area contributed by atoms with Crippen LogP contribution < -0.4 is 10.6 Å². The topological polar surface area (TPSA) is 62.7 Å². The predicted molar refractivity (Wildman–Crippen MR) is 84.4 cm³/mol. The largest absolute Gasteiger partial charge is 0.469 e. The van der Waals surface area contributed by atoms with E-state index >= 15 is 0 Å². The Balaban J connectivity index is 2.21. The molecule has 2 N–H and O–H groups in total. The van der Waals surface area contributed by atoms with E-state index in [1.54, 1.807) is 32.5 Å². The van der Waals surface area contributed by atoms with Crippen molar-refractivity contribution in [3.8, 4) is 0 Å². The summed E-state index contributed by atoms with van der Waals surface area (Å²) >= 11 is 0. The third-order valence-electron chi connectivity index (χ3n) is 3.47. The summed E-state index contributed by atoms with van der Waals surface area (Å²) in [5.74, 6) is 0.849. The number of nitrogens with two attached hydrogens (primary N) is 1. The standard InChI is InChI=1S/C16H21N3O2/c1-11-13(7-8-21-11)10-19(4)15-6-5-12(9-14(15)17)16(20)18(2)3/h5-9H,10,17H2,1-4H3. The van der Waals surface area contributed by atoms with Crippen molar-refractivity contribution >= 4 is 17.3 Å². The molecule has 2 rings (SSSR count). The first-order chi connectivity index (χ1) is 9.90. The fourth-order valence-electron chi connectivity index (χ4n) is 2.21. The zero-order chi connectivity index (χ0) is 15.6. The predicted octanol–water partition coefficient (Wildman–Crippen LogP) is 2.51. The number of hydrogen-bond acceptors (Lipinski definition) is 4. The van der Waals surface area contributed by atoms with E-state index in [4.69, 9.17) is 10.2 Å². The summed E-state index contributed by atoms with van der Waals surface area (Å²) in [5, 5.41) is 0. The first-order valence-electron chi connectivity index (χ1n) is 6.75. The van der Waals surface area contributed by atoms with Crippen LogP contribution in [0.2, 0.25) is 0 Å². The van der Waals surface area contributed by atoms with Gasteiger partial charge in [-0.1, -0.05) is 0 Å². The molecule has 1 aromatic heterocycles. The van der Waals surface area contributed by atoms with Gasteiger partial charge >= 0.3 is 0 Å². The molecule has 1 heterocycles. The van der Waals surface area contributed by atoms with Gasteiger partial charge < -0.3 is 20.0 Å². The van der Waals surface area contributed by atoms with Crippen LogP contribution in [0.3, 0.4) is 0 Å². The highest BCUT2D eigenvalue weighted by Crippen LogP contribution is 2.26. The number of aryl methyl sites for hydroxylation is 1. The first kappa shape index (κ1) is 15.0. The van der Waals surface area contributed by atoms with Crippen LogP contribution in [0.15, 0.2) is 34.9 Å². The smallest absolute Gasteiger partial charge is 0.253 e. The molecule has 5 heteroatoms. The van der Waals surface area contributed by atoms with E-state index in [0.717, 1.165) is 17.0 Å². The Morgan fingerprint density at radius 2 is 1.95 bits per heavy atom.